The molecule has 0 saturated carbocycles. The van der Waals surface area contributed by atoms with Gasteiger partial charge in [-0.05, 0) is 79.8 Å². The van der Waals surface area contributed by atoms with E-state index in [0.717, 1.165) is 22.6 Å². The van der Waals surface area contributed by atoms with Crippen LogP contribution in [0.3, 0.4) is 0 Å². The molecule has 0 aliphatic heterocycles. The van der Waals surface area contributed by atoms with Crippen LogP contribution in [-0.4, -0.2) is 4.98 Å². The molecule has 44 heavy (non-hydrogen) atoms. The summed E-state index contributed by atoms with van der Waals surface area (Å²) in [6.07, 6.45) is 1.95. The van der Waals surface area contributed by atoms with E-state index in [1.165, 1.54) is 58.2 Å². The third-order valence-electron chi connectivity index (χ3n) is 8.68. The minimum absolute atomic E-state index is 1.05. The van der Waals surface area contributed by atoms with Crippen LogP contribution in [0.4, 0.5) is 17.1 Å². The van der Waals surface area contributed by atoms with Gasteiger partial charge in [0.05, 0.1) is 15.9 Å². The summed E-state index contributed by atoms with van der Waals surface area (Å²) in [5.41, 5.74) is 6.83. The van der Waals surface area contributed by atoms with Crippen molar-refractivity contribution < 1.29 is 0 Å². The van der Waals surface area contributed by atoms with Crippen LogP contribution in [0.25, 0.3) is 63.7 Å². The Bertz CT molecular complexity index is 2490. The summed E-state index contributed by atoms with van der Waals surface area (Å²) in [6, 6.07) is 54.8. The molecule has 0 spiro atoms. The molecule has 0 amide bonds. The summed E-state index contributed by atoms with van der Waals surface area (Å²) in [5, 5.41) is 8.81. The summed E-state index contributed by atoms with van der Waals surface area (Å²) in [7, 11) is 0. The van der Waals surface area contributed by atoms with Crippen molar-refractivity contribution in [3.63, 3.8) is 0 Å². The fourth-order valence-electron chi connectivity index (χ4n) is 6.59. The first-order valence-corrected chi connectivity index (χ1v) is 15.7. The number of thiophene rings is 1. The molecule has 0 unspecified atom stereocenters. The lowest BCUT2D eigenvalue weighted by Crippen LogP contribution is -2.10. The van der Waals surface area contributed by atoms with Gasteiger partial charge in [0.1, 0.15) is 0 Å². The highest BCUT2D eigenvalue weighted by Gasteiger charge is 2.19. The third-order valence-corrected chi connectivity index (χ3v) is 9.86. The van der Waals surface area contributed by atoms with Crippen LogP contribution >= 0.6 is 11.3 Å². The molecule has 0 aliphatic rings. The molecule has 0 bridgehead atoms. The van der Waals surface area contributed by atoms with E-state index < -0.39 is 0 Å². The Hall–Kier alpha value is -5.51. The van der Waals surface area contributed by atoms with Gasteiger partial charge in [-0.1, -0.05) is 115 Å². The van der Waals surface area contributed by atoms with Gasteiger partial charge < -0.3 is 4.90 Å². The fourth-order valence-corrected chi connectivity index (χ4v) is 7.76. The van der Waals surface area contributed by atoms with Gasteiger partial charge >= 0.3 is 0 Å². The summed E-state index contributed by atoms with van der Waals surface area (Å²) >= 11 is 1.81. The first-order valence-electron chi connectivity index (χ1n) is 14.9. The number of fused-ring (bicyclic) bond motifs is 8. The lowest BCUT2D eigenvalue weighted by atomic mass is 9.96. The minimum Gasteiger partial charge on any atom is -0.309 e. The van der Waals surface area contributed by atoms with Crippen LogP contribution < -0.4 is 4.90 Å². The topological polar surface area (TPSA) is 16.1 Å². The molecule has 0 radical (unpaired) electrons. The van der Waals surface area contributed by atoms with Gasteiger partial charge in [-0.25, -0.2) is 0 Å². The Labute approximate surface area is 259 Å². The van der Waals surface area contributed by atoms with Crippen molar-refractivity contribution in [2.24, 2.45) is 0 Å². The van der Waals surface area contributed by atoms with E-state index in [1.54, 1.807) is 0 Å². The van der Waals surface area contributed by atoms with Crippen molar-refractivity contribution >= 4 is 81.0 Å². The van der Waals surface area contributed by atoms with E-state index in [-0.39, 0.29) is 0 Å². The maximum atomic E-state index is 4.85. The molecule has 2 nitrogen and oxygen atoms in total. The maximum Gasteiger partial charge on any atom is 0.0909 e. The number of aromatic nitrogens is 1. The van der Waals surface area contributed by atoms with Crippen molar-refractivity contribution in [3.05, 3.63) is 158 Å². The zero-order valence-corrected chi connectivity index (χ0v) is 24.6. The number of anilines is 3. The molecule has 0 aliphatic carbocycles. The normalized spacial score (nSPS) is 11.6. The molecule has 0 fully saturated rings. The lowest BCUT2D eigenvalue weighted by Gasteiger charge is -2.26. The van der Waals surface area contributed by atoms with E-state index >= 15 is 0 Å². The number of pyridine rings is 1. The van der Waals surface area contributed by atoms with E-state index in [2.05, 4.69) is 157 Å². The van der Waals surface area contributed by atoms with Gasteiger partial charge in [-0.15, -0.1) is 11.3 Å². The summed E-state index contributed by atoms with van der Waals surface area (Å²) in [4.78, 5) is 7.24. The molecule has 9 aromatic rings. The zero-order chi connectivity index (χ0) is 29.0. The van der Waals surface area contributed by atoms with Crippen molar-refractivity contribution in [3.8, 4) is 11.1 Å². The molecular weight excluding hydrogens is 553 g/mol. The van der Waals surface area contributed by atoms with Gasteiger partial charge in [0.2, 0.25) is 0 Å². The minimum atomic E-state index is 1.05. The molecule has 206 valence electrons. The van der Waals surface area contributed by atoms with Crippen LogP contribution in [0.2, 0.25) is 0 Å². The summed E-state index contributed by atoms with van der Waals surface area (Å²) in [6.45, 7) is 0. The Morgan fingerprint density at radius 1 is 0.477 bits per heavy atom. The molecule has 2 heterocycles. The Morgan fingerprint density at radius 3 is 2.00 bits per heavy atom. The number of hydrogen-bond acceptors (Lipinski definition) is 3. The standard InChI is InChI=1S/C41H26N2S/c1-2-8-27(9-3-1)28-18-20-32(21-19-28)43(37-24-25-42-40-36-12-6-7-13-38(36)44-41(37)40)33-22-23-35-31(26-33)17-16-30-15-14-29-10-4-5-11-34(29)39(30)35/h1-26H. The van der Waals surface area contributed by atoms with Crippen LogP contribution in [-0.2, 0) is 0 Å². The quantitative estimate of drug-likeness (QED) is 0.193. The number of hydrogen-bond donors (Lipinski definition) is 0. The van der Waals surface area contributed by atoms with Crippen molar-refractivity contribution in [2.45, 2.75) is 0 Å². The molecule has 7 aromatic carbocycles. The molecule has 9 rings (SSSR count). The molecule has 0 N–H and O–H groups in total. The highest BCUT2D eigenvalue weighted by atomic mass is 32.1. The predicted octanol–water partition coefficient (Wildman–Crippen LogP) is 12.0. The second kappa shape index (κ2) is 10.0. The summed E-state index contributed by atoms with van der Waals surface area (Å²) < 4.78 is 2.43. The highest BCUT2D eigenvalue weighted by molar-refractivity contribution is 7.26. The molecule has 3 heteroatoms. The van der Waals surface area contributed by atoms with E-state index in [1.807, 2.05) is 17.5 Å². The van der Waals surface area contributed by atoms with Crippen molar-refractivity contribution in [2.75, 3.05) is 4.90 Å². The van der Waals surface area contributed by atoms with Gasteiger partial charge in [0.15, 0.2) is 0 Å². The highest BCUT2D eigenvalue weighted by Crippen LogP contribution is 2.45. The number of benzene rings is 7. The lowest BCUT2D eigenvalue weighted by molar-refractivity contribution is 1.29. The fraction of sp³-hybridized carbons (Fsp3) is 0. The zero-order valence-electron chi connectivity index (χ0n) is 23.8. The smallest absolute Gasteiger partial charge is 0.0909 e. The molecule has 2 aromatic heterocycles. The Morgan fingerprint density at radius 2 is 1.14 bits per heavy atom. The second-order valence-corrected chi connectivity index (χ2v) is 12.3. The first kappa shape index (κ1) is 25.0. The van der Waals surface area contributed by atoms with Crippen LogP contribution in [0.15, 0.2) is 158 Å². The Kier molecular flexibility index (Phi) is 5.71. The van der Waals surface area contributed by atoms with Crippen LogP contribution in [0, 0.1) is 0 Å². The van der Waals surface area contributed by atoms with E-state index in [4.69, 9.17) is 4.98 Å². The third kappa shape index (κ3) is 3.98. The van der Waals surface area contributed by atoms with E-state index in [9.17, 15) is 0 Å². The SMILES string of the molecule is c1ccc(-c2ccc(N(c3ccc4c(ccc5ccc6ccccc6c54)c3)c3ccnc4c3sc3ccccc34)cc2)cc1. The van der Waals surface area contributed by atoms with Crippen LogP contribution in [0.5, 0.6) is 0 Å². The molecule has 0 saturated heterocycles. The molecule has 0 atom stereocenters. The van der Waals surface area contributed by atoms with Gasteiger partial charge in [0, 0.05) is 27.7 Å². The largest absolute Gasteiger partial charge is 0.309 e. The van der Waals surface area contributed by atoms with Gasteiger partial charge in [-0.2, -0.15) is 0 Å². The molecular formula is C41H26N2S. The Balaban J connectivity index is 1.28. The number of rotatable bonds is 4. The van der Waals surface area contributed by atoms with Crippen molar-refractivity contribution in [1.82, 2.24) is 4.98 Å². The van der Waals surface area contributed by atoms with Gasteiger partial charge in [-0.3, -0.25) is 4.98 Å². The monoisotopic (exact) mass is 578 g/mol. The average Bonchev–Trinajstić information content (AvgIpc) is 3.48. The van der Waals surface area contributed by atoms with E-state index in [0.29, 0.717) is 0 Å². The van der Waals surface area contributed by atoms with Crippen molar-refractivity contribution in [1.29, 1.82) is 0 Å². The number of nitrogens with zero attached hydrogens (tertiary/aromatic N) is 2. The maximum absolute atomic E-state index is 4.85. The summed E-state index contributed by atoms with van der Waals surface area (Å²) in [5.74, 6) is 0. The van der Waals surface area contributed by atoms with Gasteiger partial charge in [0.25, 0.3) is 0 Å². The average molecular weight is 579 g/mol. The van der Waals surface area contributed by atoms with Crippen LogP contribution in [0.1, 0.15) is 0 Å². The first-order chi connectivity index (χ1) is 21.8. The predicted molar refractivity (Wildman–Crippen MR) is 190 cm³/mol. The second-order valence-electron chi connectivity index (χ2n) is 11.2.